The Bertz CT molecular complexity index is 556. The van der Waals surface area contributed by atoms with E-state index in [0.29, 0.717) is 6.04 Å². The van der Waals surface area contributed by atoms with E-state index in [0.717, 1.165) is 36.5 Å². The standard InChI is InChI=1S/C14H21N5/c1-3-19(11-5-4-7-15-9-11)14-12-6-8-18(2)13(12)16-10-17-14/h6,8,10-11,15H,3-5,7,9H2,1-2H3. The highest BCUT2D eigenvalue weighted by atomic mass is 15.2. The molecule has 1 atom stereocenters. The number of nitrogens with one attached hydrogen (secondary N) is 1. The molecule has 2 aromatic rings. The van der Waals surface area contributed by atoms with Crippen LogP contribution in [0.5, 0.6) is 0 Å². The minimum Gasteiger partial charge on any atom is -0.352 e. The van der Waals surface area contributed by atoms with Crippen molar-refractivity contribution in [3.8, 4) is 0 Å². The summed E-state index contributed by atoms with van der Waals surface area (Å²) < 4.78 is 2.05. The maximum atomic E-state index is 4.54. The van der Waals surface area contributed by atoms with Gasteiger partial charge < -0.3 is 14.8 Å². The SMILES string of the molecule is CCN(c1ncnc2c1ccn2C)C1CCCNC1. The Morgan fingerprint density at radius 3 is 3.11 bits per heavy atom. The van der Waals surface area contributed by atoms with Crippen LogP contribution in [0.15, 0.2) is 18.6 Å². The third-order valence-corrected chi connectivity index (χ3v) is 3.97. The zero-order valence-electron chi connectivity index (χ0n) is 11.6. The summed E-state index contributed by atoms with van der Waals surface area (Å²) >= 11 is 0. The summed E-state index contributed by atoms with van der Waals surface area (Å²) in [6.07, 6.45) is 6.20. The lowest BCUT2D eigenvalue weighted by Crippen LogP contribution is -2.46. The van der Waals surface area contributed by atoms with Gasteiger partial charge in [-0.2, -0.15) is 0 Å². The van der Waals surface area contributed by atoms with Crippen LogP contribution < -0.4 is 10.2 Å². The summed E-state index contributed by atoms with van der Waals surface area (Å²) in [6.45, 7) is 5.36. The molecular formula is C14H21N5. The van der Waals surface area contributed by atoms with Gasteiger partial charge in [-0.3, -0.25) is 0 Å². The van der Waals surface area contributed by atoms with Crippen molar-refractivity contribution in [2.75, 3.05) is 24.5 Å². The molecule has 1 saturated heterocycles. The molecule has 5 heteroatoms. The molecule has 0 aromatic carbocycles. The lowest BCUT2D eigenvalue weighted by Gasteiger charge is -2.35. The van der Waals surface area contributed by atoms with Crippen LogP contribution in [0.3, 0.4) is 0 Å². The van der Waals surface area contributed by atoms with Crippen LogP contribution >= 0.6 is 0 Å². The fourth-order valence-corrected chi connectivity index (χ4v) is 2.97. The van der Waals surface area contributed by atoms with Crippen LogP contribution in [0.1, 0.15) is 19.8 Å². The van der Waals surface area contributed by atoms with Crippen LogP contribution in [0.4, 0.5) is 5.82 Å². The van der Waals surface area contributed by atoms with Gasteiger partial charge in [-0.05, 0) is 32.4 Å². The molecule has 1 fully saturated rings. The quantitative estimate of drug-likeness (QED) is 0.908. The smallest absolute Gasteiger partial charge is 0.145 e. The van der Waals surface area contributed by atoms with Crippen molar-refractivity contribution < 1.29 is 0 Å². The number of likely N-dealkylation sites (N-methyl/N-ethyl adjacent to an activating group) is 1. The highest BCUT2D eigenvalue weighted by molar-refractivity contribution is 5.87. The van der Waals surface area contributed by atoms with Gasteiger partial charge in [-0.1, -0.05) is 0 Å². The number of hydrogen-bond acceptors (Lipinski definition) is 4. The van der Waals surface area contributed by atoms with Gasteiger partial charge in [0, 0.05) is 32.4 Å². The molecule has 1 aliphatic heterocycles. The molecule has 19 heavy (non-hydrogen) atoms. The Hall–Kier alpha value is -1.62. The second-order valence-electron chi connectivity index (χ2n) is 5.15. The average Bonchev–Trinajstić information content (AvgIpc) is 2.84. The zero-order valence-corrected chi connectivity index (χ0v) is 11.6. The first-order valence-electron chi connectivity index (χ1n) is 7.04. The Labute approximate surface area is 113 Å². The first-order valence-corrected chi connectivity index (χ1v) is 7.04. The molecule has 1 N–H and O–H groups in total. The van der Waals surface area contributed by atoms with E-state index in [1.807, 2.05) is 11.6 Å². The molecule has 0 aliphatic carbocycles. The van der Waals surface area contributed by atoms with Gasteiger partial charge in [0.05, 0.1) is 5.39 Å². The van der Waals surface area contributed by atoms with E-state index in [1.54, 1.807) is 6.33 Å². The van der Waals surface area contributed by atoms with Gasteiger partial charge in [-0.25, -0.2) is 9.97 Å². The van der Waals surface area contributed by atoms with E-state index in [4.69, 9.17) is 0 Å². The van der Waals surface area contributed by atoms with Gasteiger partial charge in [0.25, 0.3) is 0 Å². The monoisotopic (exact) mass is 259 g/mol. The van der Waals surface area contributed by atoms with Gasteiger partial charge >= 0.3 is 0 Å². The van der Waals surface area contributed by atoms with Crippen LogP contribution in [-0.2, 0) is 7.05 Å². The average molecular weight is 259 g/mol. The van der Waals surface area contributed by atoms with E-state index in [9.17, 15) is 0 Å². The number of aryl methyl sites for hydroxylation is 1. The first-order chi connectivity index (χ1) is 9.31. The van der Waals surface area contributed by atoms with Gasteiger partial charge in [0.15, 0.2) is 0 Å². The summed E-state index contributed by atoms with van der Waals surface area (Å²) in [5.41, 5.74) is 1.01. The van der Waals surface area contributed by atoms with Gasteiger partial charge in [0.2, 0.25) is 0 Å². The van der Waals surface area contributed by atoms with Crippen molar-refractivity contribution in [2.24, 2.45) is 7.05 Å². The number of hydrogen-bond donors (Lipinski definition) is 1. The summed E-state index contributed by atoms with van der Waals surface area (Å²) in [5.74, 6) is 1.07. The lowest BCUT2D eigenvalue weighted by atomic mass is 10.1. The Morgan fingerprint density at radius 1 is 1.47 bits per heavy atom. The highest BCUT2D eigenvalue weighted by Gasteiger charge is 2.22. The second-order valence-corrected chi connectivity index (χ2v) is 5.15. The van der Waals surface area contributed by atoms with E-state index in [1.165, 1.54) is 12.8 Å². The maximum Gasteiger partial charge on any atom is 0.145 e. The molecule has 3 rings (SSSR count). The minimum absolute atomic E-state index is 0.539. The van der Waals surface area contributed by atoms with Crippen molar-refractivity contribution in [3.63, 3.8) is 0 Å². The zero-order chi connectivity index (χ0) is 13.2. The summed E-state index contributed by atoms with van der Waals surface area (Å²) in [4.78, 5) is 11.3. The molecule has 0 bridgehead atoms. The third-order valence-electron chi connectivity index (χ3n) is 3.97. The molecule has 0 amide bonds. The number of anilines is 1. The normalized spacial score (nSPS) is 19.8. The fraction of sp³-hybridized carbons (Fsp3) is 0.571. The van der Waals surface area contributed by atoms with Crippen LogP contribution in [-0.4, -0.2) is 40.2 Å². The molecule has 1 unspecified atom stereocenters. The topological polar surface area (TPSA) is 46.0 Å². The molecule has 0 radical (unpaired) electrons. The minimum atomic E-state index is 0.539. The Morgan fingerprint density at radius 2 is 2.37 bits per heavy atom. The highest BCUT2D eigenvalue weighted by Crippen LogP contribution is 2.26. The third kappa shape index (κ3) is 2.18. The number of aromatic nitrogens is 3. The summed E-state index contributed by atoms with van der Waals surface area (Å²) in [5, 5.41) is 4.63. The van der Waals surface area contributed by atoms with Crippen molar-refractivity contribution in [2.45, 2.75) is 25.8 Å². The summed E-state index contributed by atoms with van der Waals surface area (Å²) in [7, 11) is 2.03. The first kappa shape index (κ1) is 12.4. The van der Waals surface area contributed by atoms with E-state index in [-0.39, 0.29) is 0 Å². The van der Waals surface area contributed by atoms with Crippen LogP contribution in [0.25, 0.3) is 11.0 Å². The lowest BCUT2D eigenvalue weighted by molar-refractivity contribution is 0.434. The predicted molar refractivity (Wildman–Crippen MR) is 77.4 cm³/mol. The fourth-order valence-electron chi connectivity index (χ4n) is 2.97. The summed E-state index contributed by atoms with van der Waals surface area (Å²) in [6, 6.07) is 2.65. The van der Waals surface area contributed by atoms with E-state index in [2.05, 4.69) is 39.4 Å². The van der Waals surface area contributed by atoms with E-state index >= 15 is 0 Å². The largest absolute Gasteiger partial charge is 0.352 e. The number of piperidine rings is 1. The van der Waals surface area contributed by atoms with Crippen molar-refractivity contribution in [1.29, 1.82) is 0 Å². The van der Waals surface area contributed by atoms with Crippen LogP contribution in [0, 0.1) is 0 Å². The molecule has 0 saturated carbocycles. The molecular weight excluding hydrogens is 238 g/mol. The molecule has 1 aliphatic rings. The van der Waals surface area contributed by atoms with Gasteiger partial charge in [-0.15, -0.1) is 0 Å². The molecule has 5 nitrogen and oxygen atoms in total. The van der Waals surface area contributed by atoms with Crippen molar-refractivity contribution >= 4 is 16.9 Å². The number of nitrogens with zero attached hydrogens (tertiary/aromatic N) is 4. The predicted octanol–water partition coefficient (Wildman–Crippen LogP) is 1.55. The Balaban J connectivity index is 2.00. The van der Waals surface area contributed by atoms with Crippen LogP contribution in [0.2, 0.25) is 0 Å². The Kier molecular flexibility index (Phi) is 3.38. The number of fused-ring (bicyclic) bond motifs is 1. The van der Waals surface area contributed by atoms with E-state index < -0.39 is 0 Å². The molecule has 2 aromatic heterocycles. The van der Waals surface area contributed by atoms with Crippen molar-refractivity contribution in [1.82, 2.24) is 19.9 Å². The second kappa shape index (κ2) is 5.17. The molecule has 3 heterocycles. The number of rotatable bonds is 3. The maximum absolute atomic E-state index is 4.54. The van der Waals surface area contributed by atoms with Crippen molar-refractivity contribution in [3.05, 3.63) is 18.6 Å². The molecule has 102 valence electrons. The molecule has 0 spiro atoms. The van der Waals surface area contributed by atoms with Gasteiger partial charge in [0.1, 0.15) is 17.8 Å².